The third-order valence-corrected chi connectivity index (χ3v) is 2.35. The molecule has 0 N–H and O–H groups in total. The van der Waals surface area contributed by atoms with Crippen LogP contribution in [-0.2, 0) is 0 Å². The predicted molar refractivity (Wildman–Crippen MR) is 64.9 cm³/mol. The molecule has 0 heterocycles. The van der Waals surface area contributed by atoms with E-state index in [4.69, 9.17) is 5.26 Å². The average Bonchev–Trinajstić information content (AvgIpc) is 2.38. The standard InChI is InChI=1S/C12H13N3O3/c1-2-7-14(8-6-13)12(16)10-4-3-5-11(9-10)15(17)18/h3-5,9H,2,7-8H2,1H3. The van der Waals surface area contributed by atoms with E-state index in [9.17, 15) is 14.9 Å². The minimum Gasteiger partial charge on any atom is -0.325 e. The lowest BCUT2D eigenvalue weighted by molar-refractivity contribution is -0.384. The molecule has 1 rings (SSSR count). The lowest BCUT2D eigenvalue weighted by Gasteiger charge is -2.18. The van der Waals surface area contributed by atoms with Crippen LogP contribution < -0.4 is 0 Å². The minimum absolute atomic E-state index is 0.0185. The number of nitriles is 1. The van der Waals surface area contributed by atoms with Crippen LogP contribution in [0.1, 0.15) is 23.7 Å². The van der Waals surface area contributed by atoms with Gasteiger partial charge in [-0.15, -0.1) is 0 Å². The van der Waals surface area contributed by atoms with Crippen LogP contribution in [-0.4, -0.2) is 28.8 Å². The van der Waals surface area contributed by atoms with Gasteiger partial charge in [-0.25, -0.2) is 0 Å². The number of benzene rings is 1. The number of rotatable bonds is 5. The van der Waals surface area contributed by atoms with Crippen LogP contribution >= 0.6 is 0 Å². The molecular weight excluding hydrogens is 234 g/mol. The van der Waals surface area contributed by atoms with Gasteiger partial charge in [-0.2, -0.15) is 5.26 Å². The average molecular weight is 247 g/mol. The first kappa shape index (κ1) is 13.6. The minimum atomic E-state index is -0.550. The highest BCUT2D eigenvalue weighted by molar-refractivity contribution is 5.95. The van der Waals surface area contributed by atoms with Gasteiger partial charge in [0.05, 0.1) is 11.0 Å². The molecule has 0 atom stereocenters. The summed E-state index contributed by atoms with van der Waals surface area (Å²) in [7, 11) is 0. The number of nitro benzene ring substituents is 1. The molecule has 0 saturated carbocycles. The van der Waals surface area contributed by atoms with E-state index in [0.29, 0.717) is 6.54 Å². The van der Waals surface area contributed by atoms with Crippen LogP contribution in [0.25, 0.3) is 0 Å². The molecule has 94 valence electrons. The van der Waals surface area contributed by atoms with Gasteiger partial charge in [0.25, 0.3) is 11.6 Å². The van der Waals surface area contributed by atoms with Crippen molar-refractivity contribution in [2.45, 2.75) is 13.3 Å². The normalized spacial score (nSPS) is 9.56. The SMILES string of the molecule is CCCN(CC#N)C(=O)c1cccc([N+](=O)[O-])c1. The van der Waals surface area contributed by atoms with E-state index in [0.717, 1.165) is 6.42 Å². The maximum atomic E-state index is 12.1. The van der Waals surface area contributed by atoms with Crippen LogP contribution in [0, 0.1) is 21.4 Å². The van der Waals surface area contributed by atoms with Gasteiger partial charge in [0.15, 0.2) is 0 Å². The largest absolute Gasteiger partial charge is 0.325 e. The van der Waals surface area contributed by atoms with E-state index in [-0.39, 0.29) is 23.7 Å². The van der Waals surface area contributed by atoms with Gasteiger partial charge in [0.1, 0.15) is 6.54 Å². The monoisotopic (exact) mass is 247 g/mol. The summed E-state index contributed by atoms with van der Waals surface area (Å²) in [6.07, 6.45) is 0.725. The molecule has 0 bridgehead atoms. The van der Waals surface area contributed by atoms with Crippen LogP contribution in [0.2, 0.25) is 0 Å². The first-order valence-corrected chi connectivity index (χ1v) is 5.50. The second kappa shape index (κ2) is 6.35. The molecule has 0 aliphatic carbocycles. The third-order valence-electron chi connectivity index (χ3n) is 2.35. The maximum Gasteiger partial charge on any atom is 0.270 e. The van der Waals surface area contributed by atoms with Gasteiger partial charge >= 0.3 is 0 Å². The highest BCUT2D eigenvalue weighted by Crippen LogP contribution is 2.14. The molecule has 6 nitrogen and oxygen atoms in total. The fraction of sp³-hybridized carbons (Fsp3) is 0.333. The van der Waals surface area contributed by atoms with Gasteiger partial charge in [-0.1, -0.05) is 13.0 Å². The van der Waals surface area contributed by atoms with Crippen LogP contribution in [0.5, 0.6) is 0 Å². The van der Waals surface area contributed by atoms with Gasteiger partial charge in [0.2, 0.25) is 0 Å². The van der Waals surface area contributed by atoms with E-state index >= 15 is 0 Å². The fourth-order valence-electron chi connectivity index (χ4n) is 1.54. The summed E-state index contributed by atoms with van der Waals surface area (Å²) in [5.41, 5.74) is 0.0992. The van der Waals surface area contributed by atoms with Crippen molar-refractivity contribution < 1.29 is 9.72 Å². The lowest BCUT2D eigenvalue weighted by atomic mass is 10.1. The number of hydrogen-bond donors (Lipinski definition) is 0. The highest BCUT2D eigenvalue weighted by atomic mass is 16.6. The molecule has 0 aliphatic rings. The van der Waals surface area contributed by atoms with Crippen LogP contribution in [0.15, 0.2) is 24.3 Å². The fourth-order valence-corrected chi connectivity index (χ4v) is 1.54. The first-order valence-electron chi connectivity index (χ1n) is 5.50. The Morgan fingerprint density at radius 2 is 2.28 bits per heavy atom. The van der Waals surface area contributed by atoms with Crippen molar-refractivity contribution in [2.75, 3.05) is 13.1 Å². The van der Waals surface area contributed by atoms with Crippen molar-refractivity contribution in [1.29, 1.82) is 5.26 Å². The topological polar surface area (TPSA) is 87.2 Å². The Bertz CT molecular complexity index is 494. The van der Waals surface area contributed by atoms with Crippen molar-refractivity contribution in [3.05, 3.63) is 39.9 Å². The number of carbonyl (C=O) groups is 1. The van der Waals surface area contributed by atoms with Gasteiger partial charge in [0, 0.05) is 24.2 Å². The number of carbonyl (C=O) groups excluding carboxylic acids is 1. The van der Waals surface area contributed by atoms with E-state index in [1.165, 1.54) is 29.2 Å². The Morgan fingerprint density at radius 3 is 2.83 bits per heavy atom. The summed E-state index contributed by atoms with van der Waals surface area (Å²) in [6.45, 7) is 2.33. The summed E-state index contributed by atoms with van der Waals surface area (Å²) in [6, 6.07) is 7.43. The van der Waals surface area contributed by atoms with Crippen LogP contribution in [0.3, 0.4) is 0 Å². The Kier molecular flexibility index (Phi) is 4.81. The van der Waals surface area contributed by atoms with Crippen molar-refractivity contribution in [3.8, 4) is 6.07 Å². The summed E-state index contributed by atoms with van der Waals surface area (Å²) in [5.74, 6) is -0.359. The molecule has 18 heavy (non-hydrogen) atoms. The molecule has 0 aromatic heterocycles. The van der Waals surface area contributed by atoms with Crippen molar-refractivity contribution >= 4 is 11.6 Å². The molecule has 0 radical (unpaired) electrons. The number of amides is 1. The number of nitro groups is 1. The second-order valence-electron chi connectivity index (χ2n) is 3.69. The van der Waals surface area contributed by atoms with Gasteiger partial charge < -0.3 is 4.90 Å². The first-order chi connectivity index (χ1) is 8.60. The lowest BCUT2D eigenvalue weighted by Crippen LogP contribution is -2.32. The number of non-ortho nitro benzene ring substituents is 1. The molecule has 1 aromatic rings. The Labute approximate surface area is 105 Å². The molecule has 1 aromatic carbocycles. The number of nitrogens with zero attached hydrogens (tertiary/aromatic N) is 3. The second-order valence-corrected chi connectivity index (χ2v) is 3.69. The summed E-state index contributed by atoms with van der Waals surface area (Å²) in [4.78, 5) is 23.5. The van der Waals surface area contributed by atoms with E-state index in [1.54, 1.807) is 0 Å². The summed E-state index contributed by atoms with van der Waals surface area (Å²) in [5, 5.41) is 19.3. The summed E-state index contributed by atoms with van der Waals surface area (Å²) < 4.78 is 0. The molecule has 0 aliphatic heterocycles. The molecular formula is C12H13N3O3. The smallest absolute Gasteiger partial charge is 0.270 e. The third kappa shape index (κ3) is 3.28. The van der Waals surface area contributed by atoms with Crippen molar-refractivity contribution in [1.82, 2.24) is 4.90 Å². The van der Waals surface area contributed by atoms with Crippen molar-refractivity contribution in [3.63, 3.8) is 0 Å². The zero-order valence-electron chi connectivity index (χ0n) is 10.00. The molecule has 0 unspecified atom stereocenters. The summed E-state index contributed by atoms with van der Waals surface area (Å²) >= 11 is 0. The van der Waals surface area contributed by atoms with Crippen LogP contribution in [0.4, 0.5) is 5.69 Å². The molecule has 0 spiro atoms. The van der Waals surface area contributed by atoms with E-state index in [2.05, 4.69) is 0 Å². The van der Waals surface area contributed by atoms with Gasteiger partial charge in [-0.3, -0.25) is 14.9 Å². The molecule has 0 saturated heterocycles. The Hall–Kier alpha value is -2.42. The zero-order chi connectivity index (χ0) is 13.5. The quantitative estimate of drug-likeness (QED) is 0.452. The highest BCUT2D eigenvalue weighted by Gasteiger charge is 2.17. The predicted octanol–water partition coefficient (Wildman–Crippen LogP) is 1.97. The van der Waals surface area contributed by atoms with E-state index in [1.807, 2.05) is 13.0 Å². The Balaban J connectivity index is 2.97. The molecule has 1 amide bonds. The number of hydrogen-bond acceptors (Lipinski definition) is 4. The molecule has 6 heteroatoms. The van der Waals surface area contributed by atoms with E-state index < -0.39 is 4.92 Å². The molecule has 0 fully saturated rings. The zero-order valence-corrected chi connectivity index (χ0v) is 10.00. The Morgan fingerprint density at radius 1 is 1.56 bits per heavy atom. The van der Waals surface area contributed by atoms with Crippen molar-refractivity contribution in [2.24, 2.45) is 0 Å². The maximum absolute atomic E-state index is 12.1. The van der Waals surface area contributed by atoms with Gasteiger partial charge in [-0.05, 0) is 12.5 Å².